The van der Waals surface area contributed by atoms with E-state index in [1.807, 2.05) is 0 Å². The minimum absolute atomic E-state index is 0.168. The predicted octanol–water partition coefficient (Wildman–Crippen LogP) is 2.28. The van der Waals surface area contributed by atoms with Crippen molar-refractivity contribution in [2.75, 3.05) is 33.0 Å². The Hall–Kier alpha value is -1.56. The summed E-state index contributed by atoms with van der Waals surface area (Å²) in [7, 11) is 0. The number of alkyl carbamates (subject to hydrolysis) is 1. The average molecular weight is 325 g/mol. The summed E-state index contributed by atoms with van der Waals surface area (Å²) in [6.45, 7) is 4.93. The summed E-state index contributed by atoms with van der Waals surface area (Å²) in [5.41, 5.74) is 0. The summed E-state index contributed by atoms with van der Waals surface area (Å²) in [5.74, 6) is 1.81. The van der Waals surface area contributed by atoms with Crippen LogP contribution in [-0.2, 0) is 19.0 Å². The molecule has 23 heavy (non-hydrogen) atoms. The van der Waals surface area contributed by atoms with Crippen LogP contribution in [0.4, 0.5) is 4.79 Å². The molecule has 3 atom stereocenters. The number of rotatable bonds is 9. The highest BCUT2D eigenvalue weighted by molar-refractivity contribution is 5.81. The van der Waals surface area contributed by atoms with E-state index >= 15 is 0 Å². The average Bonchev–Trinajstić information content (AvgIpc) is 2.84. The molecule has 6 nitrogen and oxygen atoms in total. The number of hydrogen-bond acceptors (Lipinski definition) is 5. The molecule has 2 aliphatic rings. The van der Waals surface area contributed by atoms with Crippen molar-refractivity contribution in [1.82, 2.24) is 5.32 Å². The van der Waals surface area contributed by atoms with Crippen LogP contribution in [0.1, 0.15) is 32.1 Å². The first-order chi connectivity index (χ1) is 11.2. The summed E-state index contributed by atoms with van der Waals surface area (Å²) in [4.78, 5) is 22.4. The van der Waals surface area contributed by atoms with Crippen molar-refractivity contribution in [3.8, 4) is 0 Å². The Morgan fingerprint density at radius 2 is 1.87 bits per heavy atom. The van der Waals surface area contributed by atoms with Crippen LogP contribution in [0, 0.1) is 17.8 Å². The minimum Gasteiger partial charge on any atom is -0.460 e. The van der Waals surface area contributed by atoms with Gasteiger partial charge in [-0.1, -0.05) is 25.8 Å². The van der Waals surface area contributed by atoms with Gasteiger partial charge in [0.05, 0.1) is 13.2 Å². The monoisotopic (exact) mass is 325 g/mol. The van der Waals surface area contributed by atoms with Gasteiger partial charge in [-0.2, -0.15) is 0 Å². The standard InChI is InChI=1S/C17H27NO5/c1-2-16(19)22-8-6-21-7-9-23-17(20)18-12-15-11-13-4-3-5-14(15)10-13/h2,13-15H,1,3-12H2,(H,18,20). The highest BCUT2D eigenvalue weighted by atomic mass is 16.6. The lowest BCUT2D eigenvalue weighted by molar-refractivity contribution is -0.139. The van der Waals surface area contributed by atoms with E-state index in [2.05, 4.69) is 11.9 Å². The predicted molar refractivity (Wildman–Crippen MR) is 84.9 cm³/mol. The molecule has 0 aromatic rings. The summed E-state index contributed by atoms with van der Waals surface area (Å²) in [6.07, 6.45) is 7.32. The molecule has 130 valence electrons. The maximum atomic E-state index is 11.6. The van der Waals surface area contributed by atoms with Crippen LogP contribution in [0.5, 0.6) is 0 Å². The zero-order valence-corrected chi connectivity index (χ0v) is 13.6. The molecular formula is C17H27NO5. The van der Waals surface area contributed by atoms with Crippen molar-refractivity contribution in [2.24, 2.45) is 17.8 Å². The molecule has 0 aromatic carbocycles. The van der Waals surface area contributed by atoms with E-state index in [1.165, 1.54) is 32.1 Å². The first-order valence-electron chi connectivity index (χ1n) is 8.46. The maximum absolute atomic E-state index is 11.6. The fourth-order valence-corrected chi connectivity index (χ4v) is 3.67. The normalized spacial score (nSPS) is 25.7. The van der Waals surface area contributed by atoms with Crippen molar-refractivity contribution in [3.05, 3.63) is 12.7 Å². The molecule has 1 amide bonds. The minimum atomic E-state index is -0.472. The molecule has 6 heteroatoms. The quantitative estimate of drug-likeness (QED) is 0.400. The number of carbonyl (C=O) groups excluding carboxylic acids is 2. The number of esters is 1. The molecule has 2 aliphatic carbocycles. The smallest absolute Gasteiger partial charge is 0.407 e. The van der Waals surface area contributed by atoms with Crippen molar-refractivity contribution in [2.45, 2.75) is 32.1 Å². The molecule has 0 aliphatic heterocycles. The third-order valence-corrected chi connectivity index (χ3v) is 4.73. The van der Waals surface area contributed by atoms with E-state index in [0.29, 0.717) is 5.92 Å². The second kappa shape index (κ2) is 9.55. The molecule has 0 aromatic heterocycles. The van der Waals surface area contributed by atoms with Crippen molar-refractivity contribution >= 4 is 12.1 Å². The molecule has 0 radical (unpaired) electrons. The Morgan fingerprint density at radius 3 is 2.61 bits per heavy atom. The summed E-state index contributed by atoms with van der Waals surface area (Å²) < 4.78 is 15.0. The van der Waals surface area contributed by atoms with E-state index in [1.54, 1.807) is 0 Å². The van der Waals surface area contributed by atoms with Gasteiger partial charge in [0.2, 0.25) is 0 Å². The highest BCUT2D eigenvalue weighted by Crippen LogP contribution is 2.45. The lowest BCUT2D eigenvalue weighted by Crippen LogP contribution is -2.32. The van der Waals surface area contributed by atoms with Gasteiger partial charge in [0.15, 0.2) is 0 Å². The van der Waals surface area contributed by atoms with Gasteiger partial charge in [0.25, 0.3) is 0 Å². The SMILES string of the molecule is C=CC(=O)OCCOCCOC(=O)NCC1CC2CCCC1C2. The lowest BCUT2D eigenvalue weighted by Gasteiger charge is -2.21. The van der Waals surface area contributed by atoms with Crippen LogP contribution in [0.25, 0.3) is 0 Å². The number of carbonyl (C=O) groups is 2. The lowest BCUT2D eigenvalue weighted by atomic mass is 9.87. The van der Waals surface area contributed by atoms with Crippen LogP contribution in [0.15, 0.2) is 12.7 Å². The summed E-state index contributed by atoms with van der Waals surface area (Å²) in [6, 6.07) is 0. The van der Waals surface area contributed by atoms with Crippen molar-refractivity contribution in [1.29, 1.82) is 0 Å². The molecule has 0 spiro atoms. The van der Waals surface area contributed by atoms with E-state index in [4.69, 9.17) is 14.2 Å². The topological polar surface area (TPSA) is 73.9 Å². The Labute approximate surface area is 137 Å². The molecule has 1 N–H and O–H groups in total. The summed E-state index contributed by atoms with van der Waals surface area (Å²) >= 11 is 0. The van der Waals surface area contributed by atoms with Gasteiger partial charge in [-0.05, 0) is 30.6 Å². The van der Waals surface area contributed by atoms with Gasteiger partial charge in [-0.25, -0.2) is 9.59 Å². The molecule has 2 bridgehead atoms. The Balaban J connectivity index is 1.44. The molecule has 2 fully saturated rings. The number of nitrogens with one attached hydrogen (secondary N) is 1. The molecule has 0 heterocycles. The fraction of sp³-hybridized carbons (Fsp3) is 0.765. The first-order valence-corrected chi connectivity index (χ1v) is 8.46. The van der Waals surface area contributed by atoms with Crippen molar-refractivity contribution < 1.29 is 23.8 Å². The largest absolute Gasteiger partial charge is 0.460 e. The second-order valence-corrected chi connectivity index (χ2v) is 6.29. The molecule has 0 saturated heterocycles. The van der Waals surface area contributed by atoms with E-state index in [9.17, 15) is 9.59 Å². The van der Waals surface area contributed by atoms with Crippen LogP contribution in [-0.4, -0.2) is 45.0 Å². The molecular weight excluding hydrogens is 298 g/mol. The van der Waals surface area contributed by atoms with E-state index in [-0.39, 0.29) is 32.5 Å². The Morgan fingerprint density at radius 1 is 1.09 bits per heavy atom. The molecule has 2 rings (SSSR count). The molecule has 2 saturated carbocycles. The zero-order valence-electron chi connectivity index (χ0n) is 13.6. The van der Waals surface area contributed by atoms with Crippen molar-refractivity contribution in [3.63, 3.8) is 0 Å². The third kappa shape index (κ3) is 6.22. The van der Waals surface area contributed by atoms with Crippen LogP contribution in [0.3, 0.4) is 0 Å². The first kappa shape index (κ1) is 17.8. The number of hydrogen-bond donors (Lipinski definition) is 1. The van der Waals surface area contributed by atoms with Gasteiger partial charge in [-0.15, -0.1) is 0 Å². The van der Waals surface area contributed by atoms with Crippen LogP contribution >= 0.6 is 0 Å². The fourth-order valence-electron chi connectivity index (χ4n) is 3.67. The third-order valence-electron chi connectivity index (χ3n) is 4.73. The van der Waals surface area contributed by atoms with Gasteiger partial charge in [-0.3, -0.25) is 0 Å². The number of amides is 1. The van der Waals surface area contributed by atoms with Gasteiger partial charge >= 0.3 is 12.1 Å². The zero-order chi connectivity index (χ0) is 16.5. The van der Waals surface area contributed by atoms with Gasteiger partial charge in [0.1, 0.15) is 13.2 Å². The Bertz CT molecular complexity index is 412. The van der Waals surface area contributed by atoms with Gasteiger partial charge < -0.3 is 19.5 Å². The van der Waals surface area contributed by atoms with Crippen LogP contribution < -0.4 is 5.32 Å². The van der Waals surface area contributed by atoms with Crippen LogP contribution in [0.2, 0.25) is 0 Å². The summed E-state index contributed by atoms with van der Waals surface area (Å²) in [5, 5.41) is 2.86. The molecule has 3 unspecified atom stereocenters. The second-order valence-electron chi connectivity index (χ2n) is 6.29. The number of ether oxygens (including phenoxy) is 3. The maximum Gasteiger partial charge on any atom is 0.407 e. The van der Waals surface area contributed by atoms with E-state index in [0.717, 1.165) is 24.5 Å². The number of fused-ring (bicyclic) bond motifs is 2. The van der Waals surface area contributed by atoms with Gasteiger partial charge in [0, 0.05) is 12.6 Å². The van der Waals surface area contributed by atoms with E-state index < -0.39 is 5.97 Å². The Kier molecular flexibility index (Phi) is 7.39. The highest BCUT2D eigenvalue weighted by Gasteiger charge is 2.36.